The monoisotopic (exact) mass is 268 g/mol. The van der Waals surface area contributed by atoms with Crippen molar-refractivity contribution in [1.29, 1.82) is 0 Å². The fraction of sp³-hybridized carbons (Fsp3) is 0.111. The molecule has 0 bridgehead atoms. The van der Waals surface area contributed by atoms with Gasteiger partial charge in [-0.3, -0.25) is 10.2 Å². The summed E-state index contributed by atoms with van der Waals surface area (Å²) in [5, 5.41) is 0. The summed E-state index contributed by atoms with van der Waals surface area (Å²) in [4.78, 5) is 15.4. The maximum Gasteiger partial charge on any atom is 0.285 e. The number of carbonyl (C=O) groups is 1. The molecule has 0 saturated carbocycles. The molecular formula is C9H9BrN4O. The normalized spacial score (nSPS) is 10.6. The Morgan fingerprint density at radius 3 is 3.00 bits per heavy atom. The summed E-state index contributed by atoms with van der Waals surface area (Å²) in [6, 6.07) is 1.89. The number of halogens is 1. The van der Waals surface area contributed by atoms with E-state index in [0.29, 0.717) is 11.3 Å². The standard InChI is InChI=1S/C9H9BrN4O/c1-5-2-8-12-7(9(15)13-11)4-14(8)3-6(5)10/h2-4H,11H2,1H3,(H,13,15). The molecule has 0 fully saturated rings. The summed E-state index contributed by atoms with van der Waals surface area (Å²) in [5.41, 5.74) is 4.13. The first-order valence-electron chi connectivity index (χ1n) is 4.27. The molecule has 1 amide bonds. The third kappa shape index (κ3) is 1.73. The summed E-state index contributed by atoms with van der Waals surface area (Å²) < 4.78 is 2.73. The molecule has 6 heteroatoms. The van der Waals surface area contributed by atoms with Gasteiger partial charge in [0.1, 0.15) is 11.3 Å². The zero-order valence-electron chi connectivity index (χ0n) is 7.99. The number of aromatic nitrogens is 2. The SMILES string of the molecule is Cc1cc2nc(C(=O)NN)cn2cc1Br. The topological polar surface area (TPSA) is 72.4 Å². The number of aryl methyl sites for hydroxylation is 1. The minimum atomic E-state index is -0.396. The number of nitrogens with one attached hydrogen (secondary N) is 1. The van der Waals surface area contributed by atoms with Crippen molar-refractivity contribution in [3.63, 3.8) is 0 Å². The number of hydrogen-bond donors (Lipinski definition) is 2. The van der Waals surface area contributed by atoms with Gasteiger partial charge in [0.2, 0.25) is 0 Å². The van der Waals surface area contributed by atoms with E-state index in [1.165, 1.54) is 0 Å². The van der Waals surface area contributed by atoms with Crippen LogP contribution in [0.3, 0.4) is 0 Å². The Morgan fingerprint density at radius 1 is 1.60 bits per heavy atom. The number of amides is 1. The second-order valence-corrected chi connectivity index (χ2v) is 4.02. The van der Waals surface area contributed by atoms with E-state index in [9.17, 15) is 4.79 Å². The number of fused-ring (bicyclic) bond motifs is 1. The lowest BCUT2D eigenvalue weighted by Crippen LogP contribution is -2.30. The quantitative estimate of drug-likeness (QED) is 0.461. The minimum Gasteiger partial charge on any atom is -0.305 e. The van der Waals surface area contributed by atoms with Crippen LogP contribution in [-0.4, -0.2) is 15.3 Å². The maximum absolute atomic E-state index is 11.2. The van der Waals surface area contributed by atoms with Crippen LogP contribution in [0, 0.1) is 6.92 Å². The Balaban J connectivity index is 2.61. The van der Waals surface area contributed by atoms with Gasteiger partial charge in [0.25, 0.3) is 5.91 Å². The van der Waals surface area contributed by atoms with Crippen molar-refractivity contribution in [2.75, 3.05) is 0 Å². The molecule has 0 aromatic carbocycles. The number of rotatable bonds is 1. The van der Waals surface area contributed by atoms with Gasteiger partial charge in [-0.2, -0.15) is 0 Å². The molecule has 0 saturated heterocycles. The fourth-order valence-corrected chi connectivity index (χ4v) is 1.62. The molecule has 78 valence electrons. The third-order valence-corrected chi connectivity index (χ3v) is 2.93. The molecule has 0 atom stereocenters. The van der Waals surface area contributed by atoms with Crippen LogP contribution < -0.4 is 11.3 Å². The number of nitrogens with zero attached hydrogens (tertiary/aromatic N) is 2. The van der Waals surface area contributed by atoms with E-state index in [-0.39, 0.29) is 0 Å². The largest absolute Gasteiger partial charge is 0.305 e. The molecule has 5 nitrogen and oxygen atoms in total. The second kappa shape index (κ2) is 3.63. The molecule has 3 N–H and O–H groups in total. The Bertz CT molecular complexity index is 495. The number of hydrazine groups is 1. The highest BCUT2D eigenvalue weighted by molar-refractivity contribution is 9.10. The molecule has 2 aromatic heterocycles. The predicted molar refractivity (Wildman–Crippen MR) is 59.3 cm³/mol. The van der Waals surface area contributed by atoms with Gasteiger partial charge in [0.15, 0.2) is 0 Å². The molecule has 0 aliphatic carbocycles. The molecule has 0 unspecified atom stereocenters. The van der Waals surface area contributed by atoms with E-state index >= 15 is 0 Å². The van der Waals surface area contributed by atoms with Crippen LogP contribution >= 0.6 is 15.9 Å². The van der Waals surface area contributed by atoms with E-state index in [1.807, 2.05) is 24.6 Å². The van der Waals surface area contributed by atoms with Gasteiger partial charge in [-0.1, -0.05) is 0 Å². The van der Waals surface area contributed by atoms with E-state index in [0.717, 1.165) is 10.0 Å². The lowest BCUT2D eigenvalue weighted by atomic mass is 10.3. The van der Waals surface area contributed by atoms with Crippen LogP contribution in [0.2, 0.25) is 0 Å². The Kier molecular flexibility index (Phi) is 2.45. The average Bonchev–Trinajstić information content (AvgIpc) is 2.60. The summed E-state index contributed by atoms with van der Waals surface area (Å²) in [6.45, 7) is 1.96. The summed E-state index contributed by atoms with van der Waals surface area (Å²) in [5.74, 6) is 4.63. The van der Waals surface area contributed by atoms with Gasteiger partial charge in [0.05, 0.1) is 0 Å². The van der Waals surface area contributed by atoms with Crippen molar-refractivity contribution in [2.24, 2.45) is 5.84 Å². The second-order valence-electron chi connectivity index (χ2n) is 3.17. The third-order valence-electron chi connectivity index (χ3n) is 2.10. The van der Waals surface area contributed by atoms with Gasteiger partial charge in [-0.05, 0) is 34.5 Å². The molecule has 15 heavy (non-hydrogen) atoms. The summed E-state index contributed by atoms with van der Waals surface area (Å²) in [6.07, 6.45) is 3.48. The van der Waals surface area contributed by atoms with E-state index in [1.54, 1.807) is 10.6 Å². The van der Waals surface area contributed by atoms with Crippen LogP contribution in [0.1, 0.15) is 16.1 Å². The molecule has 0 aliphatic rings. The number of hydrogen-bond acceptors (Lipinski definition) is 3. The molecule has 2 aromatic rings. The van der Waals surface area contributed by atoms with Crippen molar-refractivity contribution in [1.82, 2.24) is 14.8 Å². The van der Waals surface area contributed by atoms with Crippen molar-refractivity contribution < 1.29 is 4.79 Å². The fourth-order valence-electron chi connectivity index (χ4n) is 1.29. The molecule has 2 heterocycles. The first-order valence-corrected chi connectivity index (χ1v) is 5.07. The zero-order chi connectivity index (χ0) is 11.0. The smallest absolute Gasteiger partial charge is 0.285 e. The van der Waals surface area contributed by atoms with Gasteiger partial charge < -0.3 is 4.40 Å². The molecule has 0 spiro atoms. The van der Waals surface area contributed by atoms with Crippen LogP contribution in [0.25, 0.3) is 5.65 Å². The van der Waals surface area contributed by atoms with Crippen molar-refractivity contribution >= 4 is 27.5 Å². The minimum absolute atomic E-state index is 0.301. The lowest BCUT2D eigenvalue weighted by Gasteiger charge is -1.98. The van der Waals surface area contributed by atoms with Gasteiger partial charge in [-0.15, -0.1) is 0 Å². The number of nitrogen functional groups attached to an aromatic ring is 1. The van der Waals surface area contributed by atoms with E-state index in [2.05, 4.69) is 20.9 Å². The predicted octanol–water partition coefficient (Wildman–Crippen LogP) is 1.01. The first-order chi connectivity index (χ1) is 7.11. The van der Waals surface area contributed by atoms with Crippen LogP contribution in [-0.2, 0) is 0 Å². The molecule has 0 aliphatic heterocycles. The Morgan fingerprint density at radius 2 is 2.33 bits per heavy atom. The van der Waals surface area contributed by atoms with E-state index in [4.69, 9.17) is 5.84 Å². The zero-order valence-corrected chi connectivity index (χ0v) is 9.58. The first kappa shape index (κ1) is 10.1. The highest BCUT2D eigenvalue weighted by Gasteiger charge is 2.09. The van der Waals surface area contributed by atoms with Crippen LogP contribution in [0.15, 0.2) is 22.9 Å². The number of carbonyl (C=O) groups excluding carboxylic acids is 1. The lowest BCUT2D eigenvalue weighted by molar-refractivity contribution is 0.0949. The van der Waals surface area contributed by atoms with Crippen LogP contribution in [0.5, 0.6) is 0 Å². The highest BCUT2D eigenvalue weighted by Crippen LogP contribution is 2.17. The van der Waals surface area contributed by atoms with Gasteiger partial charge >= 0.3 is 0 Å². The maximum atomic E-state index is 11.2. The van der Waals surface area contributed by atoms with Crippen LogP contribution in [0.4, 0.5) is 0 Å². The number of pyridine rings is 1. The van der Waals surface area contributed by atoms with Crippen molar-refractivity contribution in [3.05, 3.63) is 34.2 Å². The number of nitrogens with two attached hydrogens (primary N) is 1. The van der Waals surface area contributed by atoms with Crippen molar-refractivity contribution in [2.45, 2.75) is 6.92 Å². The van der Waals surface area contributed by atoms with E-state index < -0.39 is 5.91 Å². The highest BCUT2D eigenvalue weighted by atomic mass is 79.9. The van der Waals surface area contributed by atoms with Gasteiger partial charge in [0, 0.05) is 16.9 Å². The molecular weight excluding hydrogens is 260 g/mol. The molecule has 0 radical (unpaired) electrons. The summed E-state index contributed by atoms with van der Waals surface area (Å²) in [7, 11) is 0. The number of imidazole rings is 1. The Labute approximate surface area is 94.4 Å². The Hall–Kier alpha value is -1.40. The van der Waals surface area contributed by atoms with Crippen molar-refractivity contribution in [3.8, 4) is 0 Å². The van der Waals surface area contributed by atoms with Gasteiger partial charge in [-0.25, -0.2) is 10.8 Å². The summed E-state index contributed by atoms with van der Waals surface area (Å²) >= 11 is 3.41. The molecule has 2 rings (SSSR count). The average molecular weight is 269 g/mol.